The molecule has 2 nitrogen and oxygen atoms in total. The second kappa shape index (κ2) is 4.08. The van der Waals surface area contributed by atoms with Crippen molar-refractivity contribution in [1.29, 1.82) is 0 Å². The van der Waals surface area contributed by atoms with E-state index in [4.69, 9.17) is 5.11 Å². The van der Waals surface area contributed by atoms with Crippen molar-refractivity contribution in [3.8, 4) is 0 Å². The Morgan fingerprint density at radius 3 is 2.62 bits per heavy atom. The number of carboxylic acid groups (broad SMARTS) is 1. The molecule has 0 saturated carbocycles. The van der Waals surface area contributed by atoms with Gasteiger partial charge < -0.3 is 5.11 Å². The van der Waals surface area contributed by atoms with Gasteiger partial charge in [-0.2, -0.15) is 0 Å². The predicted octanol–water partition coefficient (Wildman–Crippen LogP) is 2.57. The molecule has 2 heteroatoms. The molecule has 0 aromatic heterocycles. The number of benzene rings is 1. The lowest BCUT2D eigenvalue weighted by Crippen LogP contribution is -2.04. The van der Waals surface area contributed by atoms with Gasteiger partial charge in [0.2, 0.25) is 0 Å². The van der Waals surface area contributed by atoms with Crippen molar-refractivity contribution >= 4 is 5.97 Å². The van der Waals surface area contributed by atoms with Crippen LogP contribution in [0.25, 0.3) is 0 Å². The van der Waals surface area contributed by atoms with Gasteiger partial charge in [0.05, 0.1) is 6.42 Å². The summed E-state index contributed by atoms with van der Waals surface area (Å²) in [5, 5.41) is 8.64. The largest absolute Gasteiger partial charge is 0.481 e. The molecule has 0 spiro atoms. The van der Waals surface area contributed by atoms with E-state index in [1.807, 2.05) is 38.1 Å². The molecule has 0 unspecified atom stereocenters. The number of rotatable bonds is 3. The number of hydrogen-bond donors (Lipinski definition) is 1. The molecular weight excluding hydrogens is 164 g/mol. The van der Waals surface area contributed by atoms with Gasteiger partial charge in [0.15, 0.2) is 0 Å². The highest BCUT2D eigenvalue weighted by molar-refractivity contribution is 5.68. The molecule has 0 aliphatic carbocycles. The van der Waals surface area contributed by atoms with Gasteiger partial charge in [-0.1, -0.05) is 31.2 Å². The fourth-order valence-corrected chi connectivity index (χ4v) is 1.51. The summed E-state index contributed by atoms with van der Waals surface area (Å²) in [7, 11) is 0. The average Bonchev–Trinajstić information content (AvgIpc) is 2.03. The lowest BCUT2D eigenvalue weighted by atomic mass is 9.94. The van der Waals surface area contributed by atoms with E-state index in [2.05, 4.69) is 0 Å². The summed E-state index contributed by atoms with van der Waals surface area (Å²) in [5.41, 5.74) is 2.29. The normalized spacial score (nSPS) is 12.5. The molecule has 0 aliphatic rings. The van der Waals surface area contributed by atoms with E-state index >= 15 is 0 Å². The van der Waals surface area contributed by atoms with Crippen molar-refractivity contribution in [3.63, 3.8) is 0 Å². The molecule has 70 valence electrons. The minimum absolute atomic E-state index is 0.0960. The van der Waals surface area contributed by atoms with Crippen LogP contribution in [0.15, 0.2) is 24.3 Å². The van der Waals surface area contributed by atoms with Gasteiger partial charge in [0.25, 0.3) is 0 Å². The van der Waals surface area contributed by atoms with Gasteiger partial charge in [-0.05, 0) is 24.0 Å². The van der Waals surface area contributed by atoms with E-state index < -0.39 is 5.97 Å². The first-order chi connectivity index (χ1) is 6.11. The van der Waals surface area contributed by atoms with Crippen molar-refractivity contribution in [3.05, 3.63) is 35.4 Å². The molecule has 0 heterocycles. The van der Waals surface area contributed by atoms with Gasteiger partial charge >= 0.3 is 5.97 Å². The Labute approximate surface area is 78.2 Å². The molecule has 0 aliphatic heterocycles. The third-order valence-electron chi connectivity index (χ3n) is 2.20. The van der Waals surface area contributed by atoms with E-state index in [0.29, 0.717) is 0 Å². The Balaban J connectivity index is 2.82. The number of carboxylic acids is 1. The Hall–Kier alpha value is -1.31. The summed E-state index contributed by atoms with van der Waals surface area (Å²) >= 11 is 0. The Kier molecular flexibility index (Phi) is 3.07. The van der Waals surface area contributed by atoms with Crippen molar-refractivity contribution in [2.45, 2.75) is 26.2 Å². The van der Waals surface area contributed by atoms with Crippen LogP contribution in [0.4, 0.5) is 0 Å². The second-order valence-electron chi connectivity index (χ2n) is 3.36. The van der Waals surface area contributed by atoms with Crippen LogP contribution in [0.2, 0.25) is 0 Å². The summed E-state index contributed by atoms with van der Waals surface area (Å²) in [6, 6.07) is 7.91. The van der Waals surface area contributed by atoms with Crippen LogP contribution in [0, 0.1) is 6.92 Å². The molecule has 0 radical (unpaired) electrons. The van der Waals surface area contributed by atoms with Gasteiger partial charge in [0.1, 0.15) is 0 Å². The zero-order valence-corrected chi connectivity index (χ0v) is 7.95. The van der Waals surface area contributed by atoms with Gasteiger partial charge in [-0.25, -0.2) is 0 Å². The number of aliphatic carboxylic acids is 1. The molecule has 1 N–H and O–H groups in total. The zero-order chi connectivity index (χ0) is 9.84. The van der Waals surface area contributed by atoms with Crippen LogP contribution in [-0.4, -0.2) is 11.1 Å². The molecule has 0 bridgehead atoms. The summed E-state index contributed by atoms with van der Waals surface area (Å²) in [5.74, 6) is -0.644. The number of aryl methyl sites for hydroxylation is 1. The number of carbonyl (C=O) groups is 1. The Bertz CT molecular complexity index is 305. The summed E-state index contributed by atoms with van der Waals surface area (Å²) < 4.78 is 0. The van der Waals surface area contributed by atoms with Crippen LogP contribution in [0.3, 0.4) is 0 Å². The van der Waals surface area contributed by atoms with Gasteiger partial charge in [0, 0.05) is 0 Å². The molecule has 1 atom stereocenters. The molecule has 1 aromatic rings. The maximum Gasteiger partial charge on any atom is 0.303 e. The Morgan fingerprint density at radius 2 is 2.08 bits per heavy atom. The highest BCUT2D eigenvalue weighted by atomic mass is 16.4. The molecular formula is C11H14O2. The molecule has 13 heavy (non-hydrogen) atoms. The van der Waals surface area contributed by atoms with Crippen molar-refractivity contribution in [1.82, 2.24) is 0 Å². The van der Waals surface area contributed by atoms with E-state index in [0.717, 1.165) is 11.1 Å². The molecule has 0 fully saturated rings. The highest BCUT2D eigenvalue weighted by Crippen LogP contribution is 2.21. The van der Waals surface area contributed by atoms with E-state index in [1.165, 1.54) is 0 Å². The molecule has 1 aromatic carbocycles. The minimum atomic E-state index is -0.740. The third kappa shape index (κ3) is 2.58. The lowest BCUT2D eigenvalue weighted by molar-refractivity contribution is -0.137. The standard InChI is InChI=1S/C11H14O2/c1-8-5-3-4-6-10(8)9(2)7-11(12)13/h3-6,9H,7H2,1-2H3,(H,12,13)/t9-/m1/s1. The van der Waals surface area contributed by atoms with Crippen LogP contribution < -0.4 is 0 Å². The van der Waals surface area contributed by atoms with E-state index in [1.54, 1.807) is 0 Å². The number of hydrogen-bond acceptors (Lipinski definition) is 1. The molecule has 1 rings (SSSR count). The lowest BCUT2D eigenvalue weighted by Gasteiger charge is -2.11. The first kappa shape index (κ1) is 9.78. The Morgan fingerprint density at radius 1 is 1.46 bits per heavy atom. The first-order valence-electron chi connectivity index (χ1n) is 4.38. The SMILES string of the molecule is Cc1ccccc1[C@H](C)CC(=O)O. The van der Waals surface area contributed by atoms with Crippen LogP contribution in [0.5, 0.6) is 0 Å². The summed E-state index contributed by atoms with van der Waals surface area (Å²) in [4.78, 5) is 10.5. The topological polar surface area (TPSA) is 37.3 Å². The minimum Gasteiger partial charge on any atom is -0.481 e. The maximum atomic E-state index is 10.5. The fraction of sp³-hybridized carbons (Fsp3) is 0.364. The summed E-state index contributed by atoms with van der Waals surface area (Å²) in [6.45, 7) is 3.95. The summed E-state index contributed by atoms with van der Waals surface area (Å²) in [6.07, 6.45) is 0.199. The zero-order valence-electron chi connectivity index (χ0n) is 7.95. The van der Waals surface area contributed by atoms with Crippen LogP contribution in [0.1, 0.15) is 30.4 Å². The third-order valence-corrected chi connectivity index (χ3v) is 2.20. The quantitative estimate of drug-likeness (QED) is 0.772. The predicted molar refractivity (Wildman–Crippen MR) is 51.8 cm³/mol. The molecule has 0 amide bonds. The first-order valence-corrected chi connectivity index (χ1v) is 4.38. The highest BCUT2D eigenvalue weighted by Gasteiger charge is 2.11. The van der Waals surface area contributed by atoms with Crippen LogP contribution in [-0.2, 0) is 4.79 Å². The van der Waals surface area contributed by atoms with Gasteiger partial charge in [-0.3, -0.25) is 4.79 Å². The second-order valence-corrected chi connectivity index (χ2v) is 3.36. The van der Waals surface area contributed by atoms with Gasteiger partial charge in [-0.15, -0.1) is 0 Å². The van der Waals surface area contributed by atoms with Crippen molar-refractivity contribution in [2.24, 2.45) is 0 Å². The molecule has 0 saturated heterocycles. The average molecular weight is 178 g/mol. The van der Waals surface area contributed by atoms with Crippen molar-refractivity contribution in [2.75, 3.05) is 0 Å². The smallest absolute Gasteiger partial charge is 0.303 e. The van der Waals surface area contributed by atoms with Crippen LogP contribution >= 0.6 is 0 Å². The monoisotopic (exact) mass is 178 g/mol. The van der Waals surface area contributed by atoms with E-state index in [9.17, 15) is 4.79 Å². The van der Waals surface area contributed by atoms with Crippen molar-refractivity contribution < 1.29 is 9.90 Å². The maximum absolute atomic E-state index is 10.5. The fourth-order valence-electron chi connectivity index (χ4n) is 1.51. The van der Waals surface area contributed by atoms with E-state index in [-0.39, 0.29) is 12.3 Å².